The maximum atomic E-state index is 12.7. The van der Waals surface area contributed by atoms with E-state index in [1.54, 1.807) is 19.1 Å². The molecule has 1 aromatic rings. The van der Waals surface area contributed by atoms with E-state index >= 15 is 0 Å². The number of benzene rings is 1. The molecular formula is C14H19NO5S. The second-order valence-corrected chi connectivity index (χ2v) is 7.45. The summed E-state index contributed by atoms with van der Waals surface area (Å²) in [5, 5.41) is 19.1. The van der Waals surface area contributed by atoms with Crippen LogP contribution in [0.2, 0.25) is 0 Å². The van der Waals surface area contributed by atoms with Gasteiger partial charge in [0.05, 0.1) is 11.4 Å². The first-order valence-corrected chi connectivity index (χ1v) is 8.14. The fraction of sp³-hybridized carbons (Fsp3) is 0.500. The molecule has 0 saturated carbocycles. The first kappa shape index (κ1) is 15.9. The number of hydrogen-bond donors (Lipinski definition) is 2. The molecule has 1 fully saturated rings. The van der Waals surface area contributed by atoms with Crippen LogP contribution in [0.3, 0.4) is 0 Å². The molecule has 6 nitrogen and oxygen atoms in total. The third-order valence-electron chi connectivity index (χ3n) is 3.78. The summed E-state index contributed by atoms with van der Waals surface area (Å²) in [5.74, 6) is -1.39. The minimum atomic E-state index is -3.80. The van der Waals surface area contributed by atoms with Gasteiger partial charge in [-0.2, -0.15) is 4.31 Å². The number of aliphatic carboxylic acids is 1. The molecule has 1 heterocycles. The summed E-state index contributed by atoms with van der Waals surface area (Å²) in [6.45, 7) is 3.36. The van der Waals surface area contributed by atoms with Crippen LogP contribution in [0.25, 0.3) is 0 Å². The van der Waals surface area contributed by atoms with Crippen molar-refractivity contribution in [1.82, 2.24) is 4.31 Å². The van der Waals surface area contributed by atoms with Crippen LogP contribution < -0.4 is 0 Å². The Hall–Kier alpha value is -1.44. The van der Waals surface area contributed by atoms with Crippen LogP contribution in [0.5, 0.6) is 0 Å². The highest BCUT2D eigenvalue weighted by Crippen LogP contribution is 2.28. The molecule has 0 radical (unpaired) electrons. The van der Waals surface area contributed by atoms with Crippen molar-refractivity contribution in [3.8, 4) is 0 Å². The van der Waals surface area contributed by atoms with Gasteiger partial charge in [-0.1, -0.05) is 17.7 Å². The number of nitrogens with zero attached hydrogens (tertiary/aromatic N) is 1. The number of piperidine rings is 1. The van der Waals surface area contributed by atoms with Crippen LogP contribution in [-0.2, 0) is 14.8 Å². The third-order valence-corrected chi connectivity index (χ3v) is 5.79. The Bertz CT molecular complexity index is 670. The van der Waals surface area contributed by atoms with Crippen molar-refractivity contribution < 1.29 is 23.4 Å². The van der Waals surface area contributed by atoms with E-state index in [2.05, 4.69) is 0 Å². The number of carboxylic acids is 1. The van der Waals surface area contributed by atoms with Gasteiger partial charge in [0.1, 0.15) is 0 Å². The summed E-state index contributed by atoms with van der Waals surface area (Å²) in [6, 6.07) is 4.99. The van der Waals surface area contributed by atoms with Crippen molar-refractivity contribution in [3.63, 3.8) is 0 Å². The number of hydrogen-bond acceptors (Lipinski definition) is 4. The lowest BCUT2D eigenvalue weighted by Gasteiger charge is -2.35. The van der Waals surface area contributed by atoms with E-state index in [-0.39, 0.29) is 17.9 Å². The molecule has 0 bridgehead atoms. The minimum Gasteiger partial charge on any atom is -0.479 e. The highest BCUT2D eigenvalue weighted by molar-refractivity contribution is 7.89. The molecule has 1 aromatic carbocycles. The van der Waals surface area contributed by atoms with Gasteiger partial charge in [0.2, 0.25) is 10.0 Å². The number of carboxylic acid groups (broad SMARTS) is 1. The summed E-state index contributed by atoms with van der Waals surface area (Å²) in [4.78, 5) is 11.3. The van der Waals surface area contributed by atoms with Gasteiger partial charge < -0.3 is 10.2 Å². The maximum absolute atomic E-state index is 12.7. The second kappa shape index (κ2) is 5.40. The molecule has 1 aliphatic heterocycles. The van der Waals surface area contributed by atoms with Crippen LogP contribution in [0, 0.1) is 13.8 Å². The molecule has 1 atom stereocenters. The molecule has 1 unspecified atom stereocenters. The molecule has 1 aliphatic rings. The van der Waals surface area contributed by atoms with Gasteiger partial charge in [-0.25, -0.2) is 13.2 Å². The lowest BCUT2D eigenvalue weighted by molar-refractivity contribution is -0.162. The minimum absolute atomic E-state index is 0.0568. The molecule has 116 valence electrons. The lowest BCUT2D eigenvalue weighted by atomic mass is 9.95. The molecule has 0 spiro atoms. The Morgan fingerprint density at radius 3 is 2.57 bits per heavy atom. The quantitative estimate of drug-likeness (QED) is 0.864. The molecule has 0 aromatic heterocycles. The molecular weight excluding hydrogens is 294 g/mol. The predicted octanol–water partition coefficient (Wildman–Crippen LogP) is 0.904. The number of aliphatic hydroxyl groups is 1. The van der Waals surface area contributed by atoms with Gasteiger partial charge in [-0.3, -0.25) is 0 Å². The van der Waals surface area contributed by atoms with Crippen LogP contribution >= 0.6 is 0 Å². The maximum Gasteiger partial charge on any atom is 0.337 e. The van der Waals surface area contributed by atoms with Crippen molar-refractivity contribution in [2.75, 3.05) is 13.1 Å². The zero-order chi connectivity index (χ0) is 15.8. The van der Waals surface area contributed by atoms with E-state index in [0.717, 1.165) is 9.87 Å². The summed E-state index contributed by atoms with van der Waals surface area (Å²) in [5.41, 5.74) is -0.448. The Kier molecular flexibility index (Phi) is 4.10. The Morgan fingerprint density at radius 1 is 1.33 bits per heavy atom. The first-order chi connectivity index (χ1) is 9.67. The van der Waals surface area contributed by atoms with Crippen LogP contribution in [0.1, 0.15) is 24.0 Å². The number of sulfonamides is 1. The largest absolute Gasteiger partial charge is 0.479 e. The molecule has 7 heteroatoms. The van der Waals surface area contributed by atoms with Gasteiger partial charge >= 0.3 is 5.97 Å². The summed E-state index contributed by atoms with van der Waals surface area (Å²) in [7, 11) is -3.80. The van der Waals surface area contributed by atoms with Gasteiger partial charge in [0.15, 0.2) is 5.60 Å². The molecule has 0 aliphatic carbocycles. The van der Waals surface area contributed by atoms with Gasteiger partial charge in [0, 0.05) is 6.54 Å². The lowest BCUT2D eigenvalue weighted by Crippen LogP contribution is -2.54. The van der Waals surface area contributed by atoms with Gasteiger partial charge in [-0.05, 0) is 38.3 Å². The van der Waals surface area contributed by atoms with Crippen molar-refractivity contribution >= 4 is 16.0 Å². The smallest absolute Gasteiger partial charge is 0.337 e. The number of rotatable bonds is 3. The van der Waals surface area contributed by atoms with Crippen molar-refractivity contribution in [1.29, 1.82) is 0 Å². The second-order valence-electron chi connectivity index (χ2n) is 5.55. The molecule has 21 heavy (non-hydrogen) atoms. The average Bonchev–Trinajstić information content (AvgIpc) is 2.38. The number of carbonyl (C=O) groups is 1. The van der Waals surface area contributed by atoms with E-state index in [1.807, 2.05) is 6.92 Å². The van der Waals surface area contributed by atoms with Crippen LogP contribution in [-0.4, -0.2) is 47.6 Å². The number of aryl methyl sites for hydroxylation is 2. The van der Waals surface area contributed by atoms with Crippen molar-refractivity contribution in [3.05, 3.63) is 29.3 Å². The number of β-amino-alcohol motifs (C(OH)–C–C–N with tert-alkyl or cyclic N) is 1. The van der Waals surface area contributed by atoms with E-state index in [4.69, 9.17) is 5.11 Å². The fourth-order valence-electron chi connectivity index (χ4n) is 2.61. The van der Waals surface area contributed by atoms with Crippen LogP contribution in [0.15, 0.2) is 23.1 Å². The molecule has 2 rings (SSSR count). The Morgan fingerprint density at radius 2 is 2.00 bits per heavy atom. The Labute approximate surface area is 124 Å². The average molecular weight is 313 g/mol. The summed E-state index contributed by atoms with van der Waals surface area (Å²) < 4.78 is 26.4. The van der Waals surface area contributed by atoms with Crippen molar-refractivity contribution in [2.24, 2.45) is 0 Å². The Balaban J connectivity index is 2.37. The highest BCUT2D eigenvalue weighted by atomic mass is 32.2. The van der Waals surface area contributed by atoms with Gasteiger partial charge in [0.25, 0.3) is 0 Å². The SMILES string of the molecule is Cc1ccc(S(=O)(=O)N2CCCC(O)(C(=O)O)C2)c(C)c1. The van der Waals surface area contributed by atoms with Gasteiger partial charge in [-0.15, -0.1) is 0 Å². The normalized spacial score (nSPS) is 24.0. The predicted molar refractivity (Wildman–Crippen MR) is 76.5 cm³/mol. The standard InChI is InChI=1S/C14H19NO5S/c1-10-4-5-12(11(2)8-10)21(19,20)15-7-3-6-14(18,9-15)13(16)17/h4-5,8,18H,3,6-7,9H2,1-2H3,(H,16,17). The summed E-state index contributed by atoms with van der Waals surface area (Å²) in [6.07, 6.45) is 0.369. The van der Waals surface area contributed by atoms with E-state index in [0.29, 0.717) is 12.0 Å². The van der Waals surface area contributed by atoms with Crippen molar-refractivity contribution in [2.45, 2.75) is 37.2 Å². The molecule has 2 N–H and O–H groups in total. The zero-order valence-corrected chi connectivity index (χ0v) is 12.9. The van der Waals surface area contributed by atoms with Crippen LogP contribution in [0.4, 0.5) is 0 Å². The first-order valence-electron chi connectivity index (χ1n) is 6.70. The monoisotopic (exact) mass is 313 g/mol. The van der Waals surface area contributed by atoms with E-state index < -0.39 is 28.1 Å². The zero-order valence-electron chi connectivity index (χ0n) is 12.0. The highest BCUT2D eigenvalue weighted by Gasteiger charge is 2.44. The topological polar surface area (TPSA) is 94.9 Å². The van der Waals surface area contributed by atoms with E-state index in [9.17, 15) is 18.3 Å². The third kappa shape index (κ3) is 2.95. The van der Waals surface area contributed by atoms with E-state index in [1.165, 1.54) is 6.07 Å². The summed E-state index contributed by atoms with van der Waals surface area (Å²) >= 11 is 0. The molecule has 0 amide bonds. The fourth-order valence-corrected chi connectivity index (χ4v) is 4.34. The molecule has 1 saturated heterocycles.